The van der Waals surface area contributed by atoms with Crippen molar-refractivity contribution >= 4 is 8.32 Å². The van der Waals surface area contributed by atoms with Gasteiger partial charge >= 0.3 is 0 Å². The highest BCUT2D eigenvalue weighted by Crippen LogP contribution is 2.37. The summed E-state index contributed by atoms with van der Waals surface area (Å²) in [5.41, 5.74) is 0. The minimum Gasteiger partial charge on any atom is -0.413 e. The molecule has 0 radical (unpaired) electrons. The van der Waals surface area contributed by atoms with E-state index in [4.69, 9.17) is 4.43 Å². The van der Waals surface area contributed by atoms with Crippen LogP contribution < -0.4 is 0 Å². The van der Waals surface area contributed by atoms with Crippen LogP contribution in [0.15, 0.2) is 0 Å². The molecule has 0 aromatic heterocycles. The Hall–Kier alpha value is -0.263. The number of rotatable bonds is 4. The molecular formula is C14H28OSi. The van der Waals surface area contributed by atoms with Gasteiger partial charge in [0.05, 0.1) is 6.10 Å². The fourth-order valence-corrected chi connectivity index (χ4v) is 2.61. The van der Waals surface area contributed by atoms with E-state index in [1.807, 2.05) is 0 Å². The van der Waals surface area contributed by atoms with E-state index < -0.39 is 8.32 Å². The van der Waals surface area contributed by atoms with Gasteiger partial charge in [-0.1, -0.05) is 34.6 Å². The Kier molecular flexibility index (Phi) is 6.36. The molecule has 0 aliphatic heterocycles. The van der Waals surface area contributed by atoms with Crippen molar-refractivity contribution in [3.63, 3.8) is 0 Å². The summed E-state index contributed by atoms with van der Waals surface area (Å²) in [4.78, 5) is 0. The second-order valence-electron chi connectivity index (χ2n) is 5.82. The van der Waals surface area contributed by atoms with Gasteiger partial charge in [-0.15, -0.1) is 11.8 Å². The first-order valence-electron chi connectivity index (χ1n) is 6.38. The van der Waals surface area contributed by atoms with Gasteiger partial charge in [-0.05, 0) is 24.6 Å². The molecule has 0 saturated heterocycles. The monoisotopic (exact) mass is 240 g/mol. The average molecular weight is 240 g/mol. The normalized spacial score (nSPS) is 14.2. The zero-order valence-corrected chi connectivity index (χ0v) is 13.1. The molecule has 0 aliphatic carbocycles. The first-order valence-corrected chi connectivity index (χ1v) is 9.29. The van der Waals surface area contributed by atoms with Crippen molar-refractivity contribution in [2.45, 2.75) is 78.1 Å². The number of hydrogen-bond acceptors (Lipinski definition) is 1. The maximum absolute atomic E-state index is 6.33. The Morgan fingerprint density at radius 3 is 2.06 bits per heavy atom. The van der Waals surface area contributed by atoms with Gasteiger partial charge < -0.3 is 4.43 Å². The molecule has 1 nitrogen and oxygen atoms in total. The van der Waals surface area contributed by atoms with E-state index in [9.17, 15) is 0 Å². The predicted molar refractivity (Wildman–Crippen MR) is 75.0 cm³/mol. The average Bonchev–Trinajstić information content (AvgIpc) is 2.14. The molecule has 0 aromatic rings. The molecule has 0 aromatic carbocycles. The molecule has 0 bridgehead atoms. The highest BCUT2D eigenvalue weighted by atomic mass is 28.4. The van der Waals surface area contributed by atoms with Gasteiger partial charge in [-0.25, -0.2) is 0 Å². The van der Waals surface area contributed by atoms with E-state index >= 15 is 0 Å². The molecule has 1 atom stereocenters. The molecule has 1 unspecified atom stereocenters. The van der Waals surface area contributed by atoms with E-state index in [1.54, 1.807) is 0 Å². The summed E-state index contributed by atoms with van der Waals surface area (Å²) in [6.45, 7) is 15.7. The summed E-state index contributed by atoms with van der Waals surface area (Å²) >= 11 is 0. The first kappa shape index (κ1) is 15.7. The second-order valence-corrected chi connectivity index (χ2v) is 10.6. The van der Waals surface area contributed by atoms with Gasteiger partial charge in [-0.2, -0.15) is 0 Å². The quantitative estimate of drug-likeness (QED) is 0.516. The largest absolute Gasteiger partial charge is 0.413 e. The van der Waals surface area contributed by atoms with Crippen LogP contribution in [0, 0.1) is 11.8 Å². The molecule has 0 N–H and O–H groups in total. The number of hydrogen-bond donors (Lipinski definition) is 0. The molecule has 0 heterocycles. The molecule has 16 heavy (non-hydrogen) atoms. The summed E-state index contributed by atoms with van der Waals surface area (Å²) in [5.74, 6) is 6.33. The summed E-state index contributed by atoms with van der Waals surface area (Å²) in [7, 11) is -1.62. The maximum Gasteiger partial charge on any atom is 0.192 e. The molecule has 0 spiro atoms. The van der Waals surface area contributed by atoms with E-state index in [1.165, 1.54) is 0 Å². The summed E-state index contributed by atoms with van der Waals surface area (Å²) in [6.07, 6.45) is 3.21. The van der Waals surface area contributed by atoms with Crippen LogP contribution in [-0.4, -0.2) is 14.4 Å². The van der Waals surface area contributed by atoms with Crippen molar-refractivity contribution in [3.8, 4) is 11.8 Å². The molecule has 94 valence electrons. The SMILES string of the molecule is CCC#CCC(CC)O[Si](C)(C)C(C)(C)C. The van der Waals surface area contributed by atoms with Crippen molar-refractivity contribution in [2.75, 3.05) is 0 Å². The maximum atomic E-state index is 6.33. The molecular weight excluding hydrogens is 212 g/mol. The lowest BCUT2D eigenvalue weighted by Crippen LogP contribution is -2.43. The van der Waals surface area contributed by atoms with Gasteiger partial charge in [0.1, 0.15) is 0 Å². The molecule has 0 aliphatic rings. The Morgan fingerprint density at radius 1 is 1.12 bits per heavy atom. The zero-order chi connectivity index (χ0) is 12.8. The third-order valence-electron chi connectivity index (χ3n) is 3.35. The second kappa shape index (κ2) is 6.47. The summed E-state index contributed by atoms with van der Waals surface area (Å²) < 4.78 is 6.33. The van der Waals surface area contributed by atoms with Crippen molar-refractivity contribution in [2.24, 2.45) is 0 Å². The molecule has 0 rings (SSSR count). The Labute approximate surface area is 103 Å². The third-order valence-corrected chi connectivity index (χ3v) is 7.89. The van der Waals surface area contributed by atoms with E-state index in [0.29, 0.717) is 11.1 Å². The van der Waals surface area contributed by atoms with Crippen molar-refractivity contribution in [3.05, 3.63) is 0 Å². The predicted octanol–water partition coefficient (Wildman–Crippen LogP) is 4.59. The Balaban J connectivity index is 4.42. The first-order chi connectivity index (χ1) is 7.24. The Morgan fingerprint density at radius 2 is 1.69 bits per heavy atom. The van der Waals surface area contributed by atoms with Crippen LogP contribution in [0.1, 0.15) is 53.9 Å². The van der Waals surface area contributed by atoms with E-state index in [-0.39, 0.29) is 0 Å². The van der Waals surface area contributed by atoms with Gasteiger partial charge in [-0.3, -0.25) is 0 Å². The highest BCUT2D eigenvalue weighted by Gasteiger charge is 2.38. The smallest absolute Gasteiger partial charge is 0.192 e. The van der Waals surface area contributed by atoms with Crippen LogP contribution in [0.25, 0.3) is 0 Å². The minimum atomic E-state index is -1.62. The van der Waals surface area contributed by atoms with Crippen LogP contribution in [0.5, 0.6) is 0 Å². The van der Waals surface area contributed by atoms with Crippen LogP contribution in [-0.2, 0) is 4.43 Å². The lowest BCUT2D eigenvalue weighted by molar-refractivity contribution is 0.181. The molecule has 2 heteroatoms. The molecule has 0 saturated carbocycles. The van der Waals surface area contributed by atoms with Crippen LogP contribution in [0.2, 0.25) is 18.1 Å². The summed E-state index contributed by atoms with van der Waals surface area (Å²) in [6, 6.07) is 0. The zero-order valence-electron chi connectivity index (χ0n) is 12.1. The lowest BCUT2D eigenvalue weighted by Gasteiger charge is -2.38. The minimum absolute atomic E-state index is 0.290. The van der Waals surface area contributed by atoms with Gasteiger partial charge in [0.2, 0.25) is 0 Å². The molecule has 0 amide bonds. The van der Waals surface area contributed by atoms with Gasteiger partial charge in [0.15, 0.2) is 8.32 Å². The van der Waals surface area contributed by atoms with Crippen LogP contribution in [0.3, 0.4) is 0 Å². The standard InChI is InChI=1S/C14H28OSi/c1-8-10-11-12-13(9-2)15-16(6,7)14(3,4)5/h13H,8-9,12H2,1-7H3. The van der Waals surface area contributed by atoms with Crippen LogP contribution >= 0.6 is 0 Å². The van der Waals surface area contributed by atoms with Crippen molar-refractivity contribution < 1.29 is 4.43 Å². The van der Waals surface area contributed by atoms with E-state index in [0.717, 1.165) is 19.3 Å². The Bertz CT molecular complexity index is 252. The topological polar surface area (TPSA) is 9.23 Å². The van der Waals surface area contributed by atoms with Crippen LogP contribution in [0.4, 0.5) is 0 Å². The highest BCUT2D eigenvalue weighted by molar-refractivity contribution is 6.74. The lowest BCUT2D eigenvalue weighted by atomic mass is 10.2. The third kappa shape index (κ3) is 5.18. The van der Waals surface area contributed by atoms with Gasteiger partial charge in [0.25, 0.3) is 0 Å². The fraction of sp³-hybridized carbons (Fsp3) is 0.857. The van der Waals surface area contributed by atoms with Gasteiger partial charge in [0, 0.05) is 12.8 Å². The van der Waals surface area contributed by atoms with Crippen molar-refractivity contribution in [1.82, 2.24) is 0 Å². The molecule has 0 fully saturated rings. The fourth-order valence-electron chi connectivity index (χ4n) is 1.17. The summed E-state index contributed by atoms with van der Waals surface area (Å²) in [5, 5.41) is 0.290. The van der Waals surface area contributed by atoms with Crippen molar-refractivity contribution in [1.29, 1.82) is 0 Å². The van der Waals surface area contributed by atoms with E-state index in [2.05, 4.69) is 59.6 Å².